The van der Waals surface area contributed by atoms with Gasteiger partial charge in [0.05, 0.1) is 27.2 Å². The minimum Gasteiger partial charge on any atom is -0.328 e. The number of hydrogen-bond acceptors (Lipinski definition) is 1. The van der Waals surface area contributed by atoms with Crippen LogP contribution in [0.25, 0.3) is 0 Å². The van der Waals surface area contributed by atoms with Crippen LogP contribution in [-0.4, -0.2) is 37.4 Å². The summed E-state index contributed by atoms with van der Waals surface area (Å²) >= 11 is 4.32. The second-order valence-electron chi connectivity index (χ2n) is 8.06. The fourth-order valence-electron chi connectivity index (χ4n) is 3.34. The highest BCUT2D eigenvalue weighted by Gasteiger charge is 2.12. The Morgan fingerprint density at radius 3 is 1.26 bits per heavy atom. The van der Waals surface area contributed by atoms with E-state index in [-0.39, 0.29) is 0 Å². The summed E-state index contributed by atoms with van der Waals surface area (Å²) in [4.78, 5) is 0. The van der Waals surface area contributed by atoms with Crippen molar-refractivity contribution in [1.29, 1.82) is 0 Å². The minimum absolute atomic E-state index is 1.03. The van der Waals surface area contributed by atoms with Crippen molar-refractivity contribution in [3.8, 4) is 0 Å². The lowest BCUT2D eigenvalue weighted by molar-refractivity contribution is -0.890. The van der Waals surface area contributed by atoms with Crippen LogP contribution in [0.5, 0.6) is 0 Å². The van der Waals surface area contributed by atoms with Crippen LogP contribution in [0, 0.1) is 0 Å². The third-order valence-electron chi connectivity index (χ3n) is 5.04. The Labute approximate surface area is 153 Å². The van der Waals surface area contributed by atoms with E-state index in [1.807, 2.05) is 0 Å². The van der Waals surface area contributed by atoms with Gasteiger partial charge in [0, 0.05) is 6.42 Å². The van der Waals surface area contributed by atoms with Gasteiger partial charge in [0.1, 0.15) is 0 Å². The molecular formula is C21H46NS+. The Bertz CT molecular complexity index is 228. The summed E-state index contributed by atoms with van der Waals surface area (Å²) < 4.78 is 1.18. The maximum Gasteiger partial charge on any atom is 0.0790 e. The second kappa shape index (κ2) is 17.1. The van der Waals surface area contributed by atoms with E-state index in [4.69, 9.17) is 0 Å². The fraction of sp³-hybridized carbons (Fsp3) is 1.00. The van der Waals surface area contributed by atoms with Gasteiger partial charge in [-0.25, -0.2) is 0 Å². The zero-order valence-electron chi connectivity index (χ0n) is 16.6. The molecule has 0 saturated heterocycles. The first-order valence-electron chi connectivity index (χ1n) is 10.6. The molecule has 140 valence electrons. The molecule has 0 bridgehead atoms. The molecule has 0 saturated carbocycles. The third-order valence-corrected chi connectivity index (χ3v) is 5.35. The summed E-state index contributed by atoms with van der Waals surface area (Å²) in [6, 6.07) is 0. The van der Waals surface area contributed by atoms with E-state index >= 15 is 0 Å². The summed E-state index contributed by atoms with van der Waals surface area (Å²) in [6.45, 7) is 4.91. The molecule has 0 fully saturated rings. The van der Waals surface area contributed by atoms with Gasteiger partial charge in [-0.05, 0) is 18.6 Å². The van der Waals surface area contributed by atoms with Crippen LogP contribution in [0.15, 0.2) is 0 Å². The molecular weight excluding hydrogens is 298 g/mol. The monoisotopic (exact) mass is 344 g/mol. The molecule has 2 heteroatoms. The first kappa shape index (κ1) is 23.3. The lowest BCUT2D eigenvalue weighted by Gasteiger charge is -2.29. The fourth-order valence-corrected chi connectivity index (χ4v) is 3.49. The van der Waals surface area contributed by atoms with Crippen molar-refractivity contribution in [3.63, 3.8) is 0 Å². The van der Waals surface area contributed by atoms with E-state index < -0.39 is 0 Å². The highest BCUT2D eigenvalue weighted by molar-refractivity contribution is 7.80. The smallest absolute Gasteiger partial charge is 0.0790 e. The molecule has 0 aromatic carbocycles. The molecule has 0 atom stereocenters. The lowest BCUT2D eigenvalue weighted by atomic mass is 10.0. The number of unbranched alkanes of at least 4 members (excludes halogenated alkanes) is 13. The Balaban J connectivity index is 3.16. The molecule has 0 aliphatic rings. The Morgan fingerprint density at radius 2 is 0.870 bits per heavy atom. The molecule has 0 rings (SSSR count). The molecule has 0 aromatic rings. The zero-order valence-corrected chi connectivity index (χ0v) is 17.5. The van der Waals surface area contributed by atoms with Gasteiger partial charge in [-0.3, -0.25) is 0 Å². The number of rotatable bonds is 18. The molecule has 0 unspecified atom stereocenters. The normalized spacial score (nSPS) is 12.0. The molecule has 1 nitrogen and oxygen atoms in total. The summed E-state index contributed by atoms with van der Waals surface area (Å²) in [7, 11) is 4.73. The van der Waals surface area contributed by atoms with Crippen molar-refractivity contribution in [2.75, 3.05) is 32.9 Å². The first-order valence-corrected chi connectivity index (χ1v) is 11.2. The molecule has 0 amide bonds. The van der Waals surface area contributed by atoms with E-state index in [1.165, 1.54) is 114 Å². The van der Waals surface area contributed by atoms with Crippen LogP contribution in [0.3, 0.4) is 0 Å². The van der Waals surface area contributed by atoms with Crippen LogP contribution in [-0.2, 0) is 0 Å². The third kappa shape index (κ3) is 18.5. The molecule has 0 spiro atoms. The average Bonchev–Trinajstić information content (AvgIpc) is 2.53. The summed E-state index contributed by atoms with van der Waals surface area (Å²) in [5, 5.41) is 0. The summed E-state index contributed by atoms with van der Waals surface area (Å²) in [6.07, 6.45) is 21.5. The van der Waals surface area contributed by atoms with Gasteiger partial charge in [0.2, 0.25) is 0 Å². The molecule has 23 heavy (non-hydrogen) atoms. The SMILES string of the molecule is CCCCCCCCCCCCCCCC[N+](C)(C)CCCS. The van der Waals surface area contributed by atoms with E-state index in [2.05, 4.69) is 33.6 Å². The molecule has 0 aliphatic heterocycles. The zero-order chi connectivity index (χ0) is 17.2. The first-order chi connectivity index (χ1) is 11.1. The van der Waals surface area contributed by atoms with Gasteiger partial charge in [0.15, 0.2) is 0 Å². The van der Waals surface area contributed by atoms with Gasteiger partial charge < -0.3 is 4.48 Å². The van der Waals surface area contributed by atoms with Gasteiger partial charge in [-0.2, -0.15) is 12.6 Å². The largest absolute Gasteiger partial charge is 0.328 e. The average molecular weight is 345 g/mol. The number of quaternary nitrogens is 1. The number of thiol groups is 1. The van der Waals surface area contributed by atoms with Crippen molar-refractivity contribution in [3.05, 3.63) is 0 Å². The van der Waals surface area contributed by atoms with Crippen LogP contribution in [0.1, 0.15) is 103 Å². The number of hydrogen-bond donors (Lipinski definition) is 1. The van der Waals surface area contributed by atoms with Crippen molar-refractivity contribution < 1.29 is 4.48 Å². The van der Waals surface area contributed by atoms with E-state index in [9.17, 15) is 0 Å². The van der Waals surface area contributed by atoms with Gasteiger partial charge in [0.25, 0.3) is 0 Å². The van der Waals surface area contributed by atoms with Gasteiger partial charge in [-0.15, -0.1) is 0 Å². The maximum atomic E-state index is 4.32. The van der Waals surface area contributed by atoms with Crippen LogP contribution < -0.4 is 0 Å². The van der Waals surface area contributed by atoms with Gasteiger partial charge in [-0.1, -0.05) is 84.0 Å². The lowest BCUT2D eigenvalue weighted by Crippen LogP contribution is -2.41. The number of nitrogens with zero attached hydrogens (tertiary/aromatic N) is 1. The van der Waals surface area contributed by atoms with E-state index in [1.54, 1.807) is 0 Å². The molecule has 0 radical (unpaired) electrons. The highest BCUT2D eigenvalue weighted by Crippen LogP contribution is 2.13. The van der Waals surface area contributed by atoms with E-state index in [0.29, 0.717) is 0 Å². The highest BCUT2D eigenvalue weighted by atomic mass is 32.1. The molecule has 0 aromatic heterocycles. The Morgan fingerprint density at radius 1 is 0.522 bits per heavy atom. The van der Waals surface area contributed by atoms with Crippen LogP contribution in [0.4, 0.5) is 0 Å². The standard InChI is InChI=1S/C21H45NS/c1-4-5-6-7-8-9-10-11-12-13-14-15-16-17-19-22(2,3)20-18-21-23/h4-21H2,1-3H3/p+1. The molecule has 0 aliphatic carbocycles. The Kier molecular flexibility index (Phi) is 17.4. The Hall–Kier alpha value is 0.310. The second-order valence-corrected chi connectivity index (χ2v) is 8.50. The summed E-state index contributed by atoms with van der Waals surface area (Å²) in [5.74, 6) is 1.03. The van der Waals surface area contributed by atoms with Crippen molar-refractivity contribution in [2.24, 2.45) is 0 Å². The minimum atomic E-state index is 1.03. The maximum absolute atomic E-state index is 4.32. The van der Waals surface area contributed by atoms with Gasteiger partial charge >= 0.3 is 0 Å². The predicted molar refractivity (Wildman–Crippen MR) is 111 cm³/mol. The topological polar surface area (TPSA) is 0 Å². The van der Waals surface area contributed by atoms with E-state index in [0.717, 1.165) is 5.75 Å². The van der Waals surface area contributed by atoms with Crippen molar-refractivity contribution in [2.45, 2.75) is 103 Å². The van der Waals surface area contributed by atoms with Crippen molar-refractivity contribution >= 4 is 12.6 Å². The quantitative estimate of drug-likeness (QED) is 0.157. The van der Waals surface area contributed by atoms with Crippen molar-refractivity contribution in [1.82, 2.24) is 0 Å². The molecule has 0 N–H and O–H groups in total. The van der Waals surface area contributed by atoms with Crippen LogP contribution in [0.2, 0.25) is 0 Å². The van der Waals surface area contributed by atoms with Crippen LogP contribution >= 0.6 is 12.6 Å². The predicted octanol–water partition coefficient (Wildman–Crippen LogP) is 6.86. The summed E-state index contributed by atoms with van der Waals surface area (Å²) in [5.41, 5.74) is 0. The molecule has 0 heterocycles.